The summed E-state index contributed by atoms with van der Waals surface area (Å²) in [6, 6.07) is 12.4. The van der Waals surface area contributed by atoms with E-state index in [0.29, 0.717) is 41.9 Å². The number of hydrogen-bond donors (Lipinski definition) is 0. The van der Waals surface area contributed by atoms with E-state index in [0.717, 1.165) is 31.2 Å². The molecule has 2 fully saturated rings. The van der Waals surface area contributed by atoms with Crippen molar-refractivity contribution in [1.29, 1.82) is 0 Å². The van der Waals surface area contributed by atoms with Gasteiger partial charge in [0, 0.05) is 24.0 Å². The molecule has 5 rings (SSSR count). The molecule has 0 N–H and O–H groups in total. The Hall–Kier alpha value is -3.80. The number of nitrogens with zero attached hydrogens (tertiary/aromatic N) is 2. The molecule has 0 saturated heterocycles. The molecule has 1 heterocycles. The van der Waals surface area contributed by atoms with Crippen molar-refractivity contribution < 1.29 is 32.0 Å². The van der Waals surface area contributed by atoms with Crippen molar-refractivity contribution in [3.63, 3.8) is 0 Å². The molecular formula is C29H27F3N2O4. The fourth-order valence-electron chi connectivity index (χ4n) is 5.16. The predicted octanol–water partition coefficient (Wildman–Crippen LogP) is 6.52. The first kappa shape index (κ1) is 25.8. The van der Waals surface area contributed by atoms with Crippen LogP contribution in [0.3, 0.4) is 0 Å². The van der Waals surface area contributed by atoms with Gasteiger partial charge in [-0.25, -0.2) is 0 Å². The summed E-state index contributed by atoms with van der Waals surface area (Å²) in [7, 11) is 1.60. The van der Waals surface area contributed by atoms with Crippen molar-refractivity contribution in [3.8, 4) is 34.7 Å². The number of alkyl halides is 3. The van der Waals surface area contributed by atoms with E-state index in [1.54, 1.807) is 31.4 Å². The van der Waals surface area contributed by atoms with E-state index >= 15 is 0 Å². The third kappa shape index (κ3) is 5.54. The summed E-state index contributed by atoms with van der Waals surface area (Å²) in [6.45, 7) is 0. The lowest BCUT2D eigenvalue weighted by Crippen LogP contribution is -2.32. The van der Waals surface area contributed by atoms with Gasteiger partial charge < -0.3 is 14.0 Å². The first-order valence-corrected chi connectivity index (χ1v) is 12.7. The topological polar surface area (TPSA) is 74.5 Å². The molecule has 0 aliphatic heterocycles. The molecule has 38 heavy (non-hydrogen) atoms. The van der Waals surface area contributed by atoms with Crippen LogP contribution in [-0.2, 0) is 16.4 Å². The Morgan fingerprint density at radius 3 is 2.61 bits per heavy atom. The van der Waals surface area contributed by atoms with Gasteiger partial charge in [-0.1, -0.05) is 35.2 Å². The van der Waals surface area contributed by atoms with E-state index in [9.17, 15) is 18.0 Å². The highest BCUT2D eigenvalue weighted by atomic mass is 19.4. The normalized spacial score (nSPS) is 20.2. The molecule has 3 aromatic rings. The van der Waals surface area contributed by atoms with Gasteiger partial charge in [-0.3, -0.25) is 4.79 Å². The minimum Gasteiger partial charge on any atom is -0.493 e. The Balaban J connectivity index is 1.49. The van der Waals surface area contributed by atoms with Crippen LogP contribution in [0.15, 0.2) is 47.0 Å². The van der Waals surface area contributed by atoms with Crippen LogP contribution < -0.4 is 9.47 Å². The summed E-state index contributed by atoms with van der Waals surface area (Å²) >= 11 is 0. The third-order valence-corrected chi connectivity index (χ3v) is 7.11. The third-order valence-electron chi connectivity index (χ3n) is 7.11. The number of halogens is 3. The van der Waals surface area contributed by atoms with Crippen LogP contribution in [0, 0.1) is 11.8 Å². The Bertz CT molecular complexity index is 1380. The standard InChI is InChI=1S/C29H27F3N2O4/c1-36-24-12-11-21(17-25(24)37-23-9-2-3-10-23)28(14-5-8-22(35)18-28)15-13-19-6-4-7-20(16-19)26-33-27(38-34-26)29(30,31)32/h4,6-7,11-12,16-17,23H,2-3,5,8-10,14,18H2,1H3. The summed E-state index contributed by atoms with van der Waals surface area (Å²) in [6.07, 6.45) is 1.88. The summed E-state index contributed by atoms with van der Waals surface area (Å²) in [5.74, 6) is 6.36. The minimum absolute atomic E-state index is 0.139. The molecular weight excluding hydrogens is 497 g/mol. The van der Waals surface area contributed by atoms with Gasteiger partial charge in [0.2, 0.25) is 5.82 Å². The van der Waals surface area contributed by atoms with Gasteiger partial charge >= 0.3 is 12.1 Å². The number of Topliss-reactive ketones (excluding diaryl/α,β-unsaturated/α-hetero) is 1. The molecule has 198 valence electrons. The fraction of sp³-hybridized carbons (Fsp3) is 0.414. The zero-order valence-electron chi connectivity index (χ0n) is 20.9. The summed E-state index contributed by atoms with van der Waals surface area (Å²) in [5, 5.41) is 3.46. The fourth-order valence-corrected chi connectivity index (χ4v) is 5.16. The van der Waals surface area contributed by atoms with Crippen molar-refractivity contribution in [2.45, 2.75) is 69.1 Å². The van der Waals surface area contributed by atoms with Crippen LogP contribution in [0.25, 0.3) is 11.4 Å². The van der Waals surface area contributed by atoms with Crippen molar-refractivity contribution in [3.05, 3.63) is 59.5 Å². The van der Waals surface area contributed by atoms with Crippen molar-refractivity contribution in [2.75, 3.05) is 7.11 Å². The van der Waals surface area contributed by atoms with E-state index in [2.05, 4.69) is 26.5 Å². The van der Waals surface area contributed by atoms with E-state index in [1.807, 2.05) is 18.2 Å². The molecule has 2 aromatic carbocycles. The summed E-state index contributed by atoms with van der Waals surface area (Å²) in [4.78, 5) is 16.1. The SMILES string of the molecule is COc1ccc(C2(C#Cc3cccc(-c4noc(C(F)(F)F)n4)c3)CCCC(=O)C2)cc1OC1CCCC1. The number of aromatic nitrogens is 2. The van der Waals surface area contributed by atoms with Crippen LogP contribution in [0.2, 0.25) is 0 Å². The van der Waals surface area contributed by atoms with Gasteiger partial charge in [-0.15, -0.1) is 0 Å². The van der Waals surface area contributed by atoms with Crippen molar-refractivity contribution >= 4 is 5.78 Å². The van der Waals surface area contributed by atoms with Gasteiger partial charge in [0.25, 0.3) is 0 Å². The monoisotopic (exact) mass is 524 g/mol. The number of carbonyl (C=O) groups is 1. The zero-order valence-corrected chi connectivity index (χ0v) is 20.9. The van der Waals surface area contributed by atoms with Crippen molar-refractivity contribution in [1.82, 2.24) is 10.1 Å². The Kier molecular flexibility index (Phi) is 7.15. The Labute approximate surface area is 218 Å². The van der Waals surface area contributed by atoms with E-state index in [4.69, 9.17) is 9.47 Å². The summed E-state index contributed by atoms with van der Waals surface area (Å²) < 4.78 is 54.8. The molecule has 1 unspecified atom stereocenters. The van der Waals surface area contributed by atoms with E-state index in [-0.39, 0.29) is 24.1 Å². The molecule has 1 atom stereocenters. The average Bonchev–Trinajstić information content (AvgIpc) is 3.60. The molecule has 0 radical (unpaired) electrons. The molecule has 1 aromatic heterocycles. The molecule has 2 saturated carbocycles. The number of methoxy groups -OCH3 is 1. The average molecular weight is 525 g/mol. The highest BCUT2D eigenvalue weighted by molar-refractivity contribution is 5.82. The van der Waals surface area contributed by atoms with Crippen LogP contribution >= 0.6 is 0 Å². The van der Waals surface area contributed by atoms with Crippen LogP contribution in [0.4, 0.5) is 13.2 Å². The van der Waals surface area contributed by atoms with Crippen LogP contribution in [0.5, 0.6) is 11.5 Å². The second kappa shape index (κ2) is 10.5. The van der Waals surface area contributed by atoms with Crippen molar-refractivity contribution in [2.24, 2.45) is 0 Å². The van der Waals surface area contributed by atoms with Gasteiger partial charge in [-0.2, -0.15) is 18.2 Å². The van der Waals surface area contributed by atoms with Gasteiger partial charge in [0.1, 0.15) is 5.78 Å². The highest BCUT2D eigenvalue weighted by Gasteiger charge is 2.39. The molecule has 0 bridgehead atoms. The summed E-state index contributed by atoms with van der Waals surface area (Å²) in [5.41, 5.74) is 1.08. The minimum atomic E-state index is -4.72. The Morgan fingerprint density at radius 2 is 1.89 bits per heavy atom. The number of rotatable bonds is 5. The molecule has 0 amide bonds. The van der Waals surface area contributed by atoms with Gasteiger partial charge in [-0.05, 0) is 68.4 Å². The molecule has 0 spiro atoms. The maximum Gasteiger partial charge on any atom is 0.471 e. The predicted molar refractivity (Wildman–Crippen MR) is 133 cm³/mol. The largest absolute Gasteiger partial charge is 0.493 e. The van der Waals surface area contributed by atoms with E-state index < -0.39 is 17.5 Å². The second-order valence-electron chi connectivity index (χ2n) is 9.79. The highest BCUT2D eigenvalue weighted by Crippen LogP contribution is 2.42. The number of ether oxygens (including phenoxy) is 2. The lowest BCUT2D eigenvalue weighted by atomic mass is 9.69. The van der Waals surface area contributed by atoms with E-state index in [1.165, 1.54) is 0 Å². The lowest BCUT2D eigenvalue weighted by Gasteiger charge is -2.33. The first-order valence-electron chi connectivity index (χ1n) is 12.7. The number of benzene rings is 2. The lowest BCUT2D eigenvalue weighted by molar-refractivity contribution is -0.159. The quantitative estimate of drug-likeness (QED) is 0.354. The zero-order chi connectivity index (χ0) is 26.8. The molecule has 6 nitrogen and oxygen atoms in total. The van der Waals surface area contributed by atoms with Gasteiger partial charge in [0.05, 0.1) is 18.6 Å². The number of carbonyl (C=O) groups excluding carboxylic acids is 1. The number of ketones is 1. The molecule has 9 heteroatoms. The smallest absolute Gasteiger partial charge is 0.471 e. The second-order valence-corrected chi connectivity index (χ2v) is 9.79. The first-order chi connectivity index (χ1) is 18.3. The van der Waals surface area contributed by atoms with Crippen LogP contribution in [-0.4, -0.2) is 29.1 Å². The van der Waals surface area contributed by atoms with Crippen LogP contribution in [0.1, 0.15) is 68.4 Å². The Morgan fingerprint density at radius 1 is 1.08 bits per heavy atom. The maximum atomic E-state index is 12.9. The van der Waals surface area contributed by atoms with Gasteiger partial charge in [0.15, 0.2) is 11.5 Å². The number of hydrogen-bond acceptors (Lipinski definition) is 6. The maximum absolute atomic E-state index is 12.9. The molecule has 2 aliphatic carbocycles. The molecule has 2 aliphatic rings.